The lowest BCUT2D eigenvalue weighted by atomic mass is 9.85. The summed E-state index contributed by atoms with van der Waals surface area (Å²) in [6, 6.07) is 3.58. The van der Waals surface area contributed by atoms with Gasteiger partial charge in [0.2, 0.25) is 5.95 Å². The van der Waals surface area contributed by atoms with Crippen molar-refractivity contribution in [2.75, 3.05) is 30.0 Å². The minimum Gasteiger partial charge on any atom is -0.378 e. The Morgan fingerprint density at radius 1 is 1.15 bits per heavy atom. The molecular formula is C28H31F5N6O. The van der Waals surface area contributed by atoms with Gasteiger partial charge in [0.1, 0.15) is 12.0 Å². The number of anilines is 2. The Balaban J connectivity index is 1.15. The number of amides is 1. The number of benzene rings is 1. The maximum Gasteiger partial charge on any atom is 0.254 e. The fourth-order valence-electron chi connectivity index (χ4n) is 5.60. The number of carbonyl (C=O) groups excluding carboxylic acids is 1. The monoisotopic (exact) mass is 562 g/mol. The Morgan fingerprint density at radius 2 is 1.93 bits per heavy atom. The molecule has 0 radical (unpaired) electrons. The number of hydrogen-bond donors (Lipinski definition) is 3. The van der Waals surface area contributed by atoms with Crippen molar-refractivity contribution in [3.05, 3.63) is 59.1 Å². The Hall–Kier alpha value is -3.25. The minimum absolute atomic E-state index is 0.0620. The van der Waals surface area contributed by atoms with Gasteiger partial charge in [-0.05, 0) is 55.5 Å². The largest absolute Gasteiger partial charge is 0.378 e. The second-order valence-electron chi connectivity index (χ2n) is 11.3. The molecule has 3 N–H and O–H groups in total. The highest BCUT2D eigenvalue weighted by Gasteiger charge is 2.49. The van der Waals surface area contributed by atoms with E-state index in [1.807, 2.05) is 0 Å². The molecule has 1 aromatic heterocycles. The standard InChI is InChI=1S/C28H31F5N6O/c1-15-6-22(29)21(27(40)37-17-2-3-17)8-25(15)39-13-16(11-35-39)20-7-18(12-34-26(20)31)36-24-4-5-38(14-23(24)30)19-9-28(32,33)10-19/h6-8,12-13,17,19,23-24,35-36H,2-5,9-11,14H2,1H3,(H,37,40)/t23-,24?/m1/s1. The summed E-state index contributed by atoms with van der Waals surface area (Å²) >= 11 is 0. The van der Waals surface area contributed by atoms with Crippen LogP contribution in [0.3, 0.4) is 0 Å². The van der Waals surface area contributed by atoms with Crippen molar-refractivity contribution in [2.45, 2.75) is 69.2 Å². The first-order valence-corrected chi connectivity index (χ1v) is 13.6. The summed E-state index contributed by atoms with van der Waals surface area (Å²) in [7, 11) is 0. The number of piperidine rings is 1. The van der Waals surface area contributed by atoms with Crippen LogP contribution in [0.25, 0.3) is 5.57 Å². The summed E-state index contributed by atoms with van der Waals surface area (Å²) < 4.78 is 70.8. The average molecular weight is 563 g/mol. The number of nitrogens with zero attached hydrogens (tertiary/aromatic N) is 3. The number of rotatable bonds is 7. The van der Waals surface area contributed by atoms with Crippen molar-refractivity contribution in [3.63, 3.8) is 0 Å². The number of likely N-dealkylation sites (tertiary alicyclic amines) is 1. The summed E-state index contributed by atoms with van der Waals surface area (Å²) in [5, 5.41) is 7.52. The van der Waals surface area contributed by atoms with Gasteiger partial charge in [-0.3, -0.25) is 14.7 Å². The van der Waals surface area contributed by atoms with Gasteiger partial charge in [0, 0.05) is 56.3 Å². The van der Waals surface area contributed by atoms with Gasteiger partial charge < -0.3 is 10.6 Å². The van der Waals surface area contributed by atoms with E-state index in [-0.39, 0.29) is 49.1 Å². The van der Waals surface area contributed by atoms with Crippen LogP contribution in [0.2, 0.25) is 0 Å². The topological polar surface area (TPSA) is 72.5 Å². The molecule has 3 fully saturated rings. The minimum atomic E-state index is -2.65. The second-order valence-corrected chi connectivity index (χ2v) is 11.3. The zero-order chi connectivity index (χ0) is 28.2. The fraction of sp³-hybridized carbons (Fsp3) is 0.500. The zero-order valence-electron chi connectivity index (χ0n) is 22.0. The van der Waals surface area contributed by atoms with Crippen LogP contribution in [0.5, 0.6) is 0 Å². The number of pyridine rings is 1. The normalized spacial score (nSPS) is 24.9. The highest BCUT2D eigenvalue weighted by Crippen LogP contribution is 2.41. The molecule has 3 heterocycles. The van der Waals surface area contributed by atoms with E-state index >= 15 is 0 Å². The number of hydrogen-bond acceptors (Lipinski definition) is 6. The predicted octanol–water partition coefficient (Wildman–Crippen LogP) is 4.55. The first-order chi connectivity index (χ1) is 19.1. The molecule has 6 rings (SSSR count). The van der Waals surface area contributed by atoms with Crippen LogP contribution in [-0.2, 0) is 0 Å². The molecule has 0 bridgehead atoms. The van der Waals surface area contributed by atoms with Gasteiger partial charge in [0.15, 0.2) is 0 Å². The van der Waals surface area contributed by atoms with E-state index in [1.54, 1.807) is 29.1 Å². The summed E-state index contributed by atoms with van der Waals surface area (Å²) in [6.07, 6.45) is 3.43. The summed E-state index contributed by atoms with van der Waals surface area (Å²) in [5.74, 6) is -4.43. The van der Waals surface area contributed by atoms with E-state index in [4.69, 9.17) is 0 Å². The molecule has 2 atom stereocenters. The number of carbonyl (C=O) groups is 1. The van der Waals surface area contributed by atoms with Gasteiger partial charge in [0.25, 0.3) is 11.8 Å². The molecule has 1 amide bonds. The first-order valence-electron chi connectivity index (χ1n) is 13.6. The molecule has 2 aliphatic carbocycles. The van der Waals surface area contributed by atoms with Crippen LogP contribution < -0.4 is 21.1 Å². The summed E-state index contributed by atoms with van der Waals surface area (Å²) in [5.41, 5.74) is 5.43. The molecule has 2 aliphatic heterocycles. The number of nitrogens with one attached hydrogen (secondary N) is 3. The molecule has 4 aliphatic rings. The highest BCUT2D eigenvalue weighted by molar-refractivity contribution is 5.96. The third-order valence-corrected chi connectivity index (χ3v) is 8.12. The number of alkyl halides is 3. The zero-order valence-corrected chi connectivity index (χ0v) is 22.0. The lowest BCUT2D eigenvalue weighted by Crippen LogP contribution is -2.57. The van der Waals surface area contributed by atoms with Crippen LogP contribution in [-0.4, -0.2) is 65.6 Å². The van der Waals surface area contributed by atoms with Gasteiger partial charge in [-0.25, -0.2) is 28.0 Å². The highest BCUT2D eigenvalue weighted by atomic mass is 19.3. The van der Waals surface area contributed by atoms with Crippen molar-refractivity contribution < 1.29 is 26.7 Å². The van der Waals surface area contributed by atoms with Crippen molar-refractivity contribution >= 4 is 22.9 Å². The molecule has 214 valence electrons. The summed E-state index contributed by atoms with van der Waals surface area (Å²) in [4.78, 5) is 18.2. The third-order valence-electron chi connectivity index (χ3n) is 8.12. The van der Waals surface area contributed by atoms with Crippen LogP contribution in [0.4, 0.5) is 33.3 Å². The number of hydrazine groups is 1. The smallest absolute Gasteiger partial charge is 0.254 e. The van der Waals surface area contributed by atoms with Gasteiger partial charge >= 0.3 is 0 Å². The molecule has 7 nitrogen and oxygen atoms in total. The van der Waals surface area contributed by atoms with Gasteiger partial charge in [-0.15, -0.1) is 0 Å². The predicted molar refractivity (Wildman–Crippen MR) is 141 cm³/mol. The molecule has 1 saturated heterocycles. The maximum absolute atomic E-state index is 15.0. The van der Waals surface area contributed by atoms with Crippen molar-refractivity contribution in [3.8, 4) is 0 Å². The lowest BCUT2D eigenvalue weighted by Gasteiger charge is -2.46. The van der Waals surface area contributed by atoms with Crippen molar-refractivity contribution in [1.29, 1.82) is 0 Å². The first kappa shape index (κ1) is 26.9. The van der Waals surface area contributed by atoms with E-state index in [2.05, 4.69) is 21.0 Å². The molecule has 0 spiro atoms. The number of aryl methyl sites for hydroxylation is 1. The molecule has 2 aromatic rings. The van der Waals surface area contributed by atoms with Crippen molar-refractivity contribution in [2.24, 2.45) is 0 Å². The van der Waals surface area contributed by atoms with Crippen LogP contribution in [0, 0.1) is 18.7 Å². The fourth-order valence-corrected chi connectivity index (χ4v) is 5.60. The molecular weight excluding hydrogens is 531 g/mol. The van der Waals surface area contributed by atoms with Crippen LogP contribution in [0.1, 0.15) is 53.6 Å². The molecule has 2 saturated carbocycles. The quantitative estimate of drug-likeness (QED) is 0.340. The Kier molecular flexibility index (Phi) is 6.94. The third kappa shape index (κ3) is 5.51. The van der Waals surface area contributed by atoms with Crippen molar-refractivity contribution in [1.82, 2.24) is 20.6 Å². The van der Waals surface area contributed by atoms with E-state index in [0.717, 1.165) is 12.8 Å². The second kappa shape index (κ2) is 10.3. The van der Waals surface area contributed by atoms with E-state index < -0.39 is 35.8 Å². The number of halogens is 5. The SMILES string of the molecule is Cc1cc(F)c(C(=O)NC2CC2)cc1N1C=C(c2cc(NC3CCN(C4CC(F)(F)C4)C[C@H]3F)cnc2F)CN1. The Morgan fingerprint density at radius 3 is 2.62 bits per heavy atom. The Bertz CT molecular complexity index is 1340. The molecule has 1 aromatic carbocycles. The molecule has 12 heteroatoms. The maximum atomic E-state index is 15.0. The van der Waals surface area contributed by atoms with Crippen LogP contribution in [0.15, 0.2) is 30.6 Å². The van der Waals surface area contributed by atoms with E-state index in [0.29, 0.717) is 35.5 Å². The average Bonchev–Trinajstić information content (AvgIpc) is 3.57. The van der Waals surface area contributed by atoms with Crippen LogP contribution >= 0.6 is 0 Å². The molecule has 40 heavy (non-hydrogen) atoms. The van der Waals surface area contributed by atoms with E-state index in [1.165, 1.54) is 18.3 Å². The summed E-state index contributed by atoms with van der Waals surface area (Å²) in [6.45, 7) is 2.54. The molecule has 1 unspecified atom stereocenters. The van der Waals surface area contributed by atoms with E-state index in [9.17, 15) is 26.7 Å². The number of aromatic nitrogens is 1. The van der Waals surface area contributed by atoms with Gasteiger partial charge in [-0.1, -0.05) is 0 Å². The lowest BCUT2D eigenvalue weighted by molar-refractivity contribution is -0.131. The van der Waals surface area contributed by atoms with Gasteiger partial charge in [-0.2, -0.15) is 4.39 Å². The van der Waals surface area contributed by atoms with Gasteiger partial charge in [0.05, 0.1) is 29.2 Å². The Labute approximate surface area is 228 Å².